The molecular weight excluding hydrogens is 395 g/mol. The second-order valence-electron chi connectivity index (χ2n) is 5.75. The molecule has 0 amide bonds. The van der Waals surface area contributed by atoms with Crippen LogP contribution in [0.4, 0.5) is 0 Å². The van der Waals surface area contributed by atoms with Crippen LogP contribution >= 0.6 is 0 Å². The number of hydrogen-bond acceptors (Lipinski definition) is 4. The molecule has 5 heteroatoms. The van der Waals surface area contributed by atoms with Crippen molar-refractivity contribution in [2.24, 2.45) is 0 Å². The normalized spacial score (nSPS) is 11.6. The Labute approximate surface area is 158 Å². The summed E-state index contributed by atoms with van der Waals surface area (Å²) in [7, 11) is 0. The van der Waals surface area contributed by atoms with Crippen LogP contribution in [-0.2, 0) is 46.5 Å². The Morgan fingerprint density at radius 3 is 1.36 bits per heavy atom. The Morgan fingerprint density at radius 1 is 0.600 bits per heavy atom. The minimum atomic E-state index is -4.08. The van der Waals surface area contributed by atoms with Crippen molar-refractivity contribution in [1.29, 1.82) is 0 Å². The Balaban J connectivity index is 2.07. The molecule has 0 aliphatic carbocycles. The molecule has 0 heterocycles. The van der Waals surface area contributed by atoms with Crippen LogP contribution in [-0.4, -0.2) is 13.2 Å². The third kappa shape index (κ3) is 7.51. The quantitative estimate of drug-likeness (QED) is 0.477. The van der Waals surface area contributed by atoms with Gasteiger partial charge >= 0.3 is 158 Å². The van der Waals surface area contributed by atoms with Crippen molar-refractivity contribution in [2.75, 3.05) is 13.2 Å². The van der Waals surface area contributed by atoms with Gasteiger partial charge in [0.05, 0.1) is 0 Å². The predicted molar refractivity (Wildman–Crippen MR) is 94.9 cm³/mol. The molecule has 4 nitrogen and oxygen atoms in total. The van der Waals surface area contributed by atoms with Crippen LogP contribution in [0.25, 0.3) is 0 Å². The van der Waals surface area contributed by atoms with E-state index >= 15 is 0 Å². The first kappa shape index (κ1) is 20.5. The van der Waals surface area contributed by atoms with Gasteiger partial charge in [-0.15, -0.1) is 0 Å². The van der Waals surface area contributed by atoms with Gasteiger partial charge in [-0.05, 0) is 0 Å². The molecule has 136 valence electrons. The van der Waals surface area contributed by atoms with Crippen molar-refractivity contribution in [3.05, 3.63) is 71.8 Å². The first-order chi connectivity index (χ1) is 12.3. The molecule has 0 bridgehead atoms. The van der Waals surface area contributed by atoms with Gasteiger partial charge in [-0.2, -0.15) is 0 Å². The molecule has 25 heavy (non-hydrogen) atoms. The van der Waals surface area contributed by atoms with E-state index in [9.17, 15) is 0 Å². The number of rotatable bonds is 12. The van der Waals surface area contributed by atoms with Crippen molar-refractivity contribution in [3.8, 4) is 0 Å². The van der Waals surface area contributed by atoms with Crippen LogP contribution in [0, 0.1) is 0 Å². The Hall–Kier alpha value is -0.837. The second-order valence-corrected chi connectivity index (χ2v) is 11.0. The van der Waals surface area contributed by atoms with Gasteiger partial charge in [0.2, 0.25) is 0 Å². The summed E-state index contributed by atoms with van der Waals surface area (Å²) in [6.07, 6.45) is 1.80. The summed E-state index contributed by atoms with van der Waals surface area (Å²) in [6.45, 7) is 6.21. The topological polar surface area (TPSA) is 36.9 Å². The van der Waals surface area contributed by atoms with Gasteiger partial charge in [0, 0.05) is 0 Å². The summed E-state index contributed by atoms with van der Waals surface area (Å²) in [5, 5.41) is 0. The zero-order valence-corrected chi connectivity index (χ0v) is 17.6. The van der Waals surface area contributed by atoms with Crippen LogP contribution in [0.1, 0.15) is 37.8 Å². The monoisotopic (exact) mass is 422 g/mol. The molecule has 0 aromatic heterocycles. The van der Waals surface area contributed by atoms with Crippen molar-refractivity contribution in [1.82, 2.24) is 0 Å². The van der Waals surface area contributed by atoms with Gasteiger partial charge in [0.25, 0.3) is 0 Å². The zero-order chi connectivity index (χ0) is 17.8. The van der Waals surface area contributed by atoms with Gasteiger partial charge in [-0.1, -0.05) is 0 Å². The first-order valence-corrected chi connectivity index (χ1v) is 12.9. The Kier molecular flexibility index (Phi) is 9.60. The molecule has 2 rings (SSSR count). The molecular formula is C20H28O4Zr. The van der Waals surface area contributed by atoms with Gasteiger partial charge in [0.15, 0.2) is 0 Å². The summed E-state index contributed by atoms with van der Waals surface area (Å²) in [5.41, 5.74) is 2.18. The average molecular weight is 424 g/mol. The standard InChI is InChI=1S/2C7H7O.2C3H7O.Zr/c2*8-6-7-4-2-1-3-5-7;2*1-2-3-4;/h2*1-5H,6H2;2*2-3H2,1H3;/q4*-1;+4. The number of benzene rings is 2. The van der Waals surface area contributed by atoms with E-state index in [4.69, 9.17) is 11.3 Å². The fourth-order valence-corrected chi connectivity index (χ4v) is 7.35. The first-order valence-electron chi connectivity index (χ1n) is 8.91. The van der Waals surface area contributed by atoms with Crippen LogP contribution in [0.15, 0.2) is 60.7 Å². The van der Waals surface area contributed by atoms with Crippen LogP contribution in [0.2, 0.25) is 0 Å². The van der Waals surface area contributed by atoms with Gasteiger partial charge in [-0.3, -0.25) is 0 Å². The van der Waals surface area contributed by atoms with E-state index in [1.54, 1.807) is 0 Å². The van der Waals surface area contributed by atoms with E-state index < -0.39 is 22.0 Å². The Bertz CT molecular complexity index is 523. The molecule has 0 spiro atoms. The third-order valence-electron chi connectivity index (χ3n) is 3.48. The Morgan fingerprint density at radius 2 is 1.00 bits per heavy atom. The summed E-state index contributed by atoms with van der Waals surface area (Å²) >= 11 is -4.08. The van der Waals surface area contributed by atoms with E-state index in [-0.39, 0.29) is 0 Å². The molecule has 0 unspecified atom stereocenters. The zero-order valence-electron chi connectivity index (χ0n) is 15.1. The van der Waals surface area contributed by atoms with Crippen molar-refractivity contribution in [3.63, 3.8) is 0 Å². The van der Waals surface area contributed by atoms with Gasteiger partial charge < -0.3 is 0 Å². The van der Waals surface area contributed by atoms with E-state index in [0.29, 0.717) is 26.4 Å². The summed E-state index contributed by atoms with van der Waals surface area (Å²) < 4.78 is 24.5. The summed E-state index contributed by atoms with van der Waals surface area (Å²) in [5.74, 6) is 0. The van der Waals surface area contributed by atoms with Crippen molar-refractivity contribution < 1.29 is 33.3 Å². The fraction of sp³-hybridized carbons (Fsp3) is 0.400. The molecule has 0 aliphatic rings. The predicted octanol–water partition coefficient (Wildman–Crippen LogP) is 5.09. The van der Waals surface area contributed by atoms with Crippen molar-refractivity contribution in [2.45, 2.75) is 39.9 Å². The van der Waals surface area contributed by atoms with Crippen LogP contribution in [0.5, 0.6) is 0 Å². The number of hydrogen-bond donors (Lipinski definition) is 0. The van der Waals surface area contributed by atoms with Crippen LogP contribution < -0.4 is 0 Å². The average Bonchev–Trinajstić information content (AvgIpc) is 2.68. The summed E-state index contributed by atoms with van der Waals surface area (Å²) in [6, 6.07) is 20.1. The fourth-order valence-electron chi connectivity index (χ4n) is 2.20. The van der Waals surface area contributed by atoms with Crippen LogP contribution in [0.3, 0.4) is 0 Å². The van der Waals surface area contributed by atoms with E-state index in [1.165, 1.54) is 0 Å². The molecule has 2 aromatic rings. The SMILES string of the molecule is CCC[O][Zr]([O]CCC)([O]Cc1ccccc1)[O]Cc1ccccc1. The molecule has 0 atom stereocenters. The second kappa shape index (κ2) is 11.7. The van der Waals surface area contributed by atoms with Crippen molar-refractivity contribution >= 4 is 0 Å². The minimum absolute atomic E-state index is 0.444. The molecule has 0 fully saturated rings. The summed E-state index contributed by atoms with van der Waals surface area (Å²) in [4.78, 5) is 0. The van der Waals surface area contributed by atoms with Gasteiger partial charge in [0.1, 0.15) is 0 Å². The van der Waals surface area contributed by atoms with Gasteiger partial charge in [-0.25, -0.2) is 0 Å². The molecule has 0 saturated carbocycles. The molecule has 0 saturated heterocycles. The maximum atomic E-state index is 6.19. The molecule has 0 N–H and O–H groups in total. The van der Waals surface area contributed by atoms with E-state index in [2.05, 4.69) is 13.8 Å². The molecule has 2 aromatic carbocycles. The van der Waals surface area contributed by atoms with E-state index in [1.807, 2.05) is 60.7 Å². The molecule has 0 aliphatic heterocycles. The molecule has 0 radical (unpaired) electrons. The maximum absolute atomic E-state index is 6.19. The van der Waals surface area contributed by atoms with E-state index in [0.717, 1.165) is 24.0 Å². The third-order valence-corrected chi connectivity index (χ3v) is 8.67.